The van der Waals surface area contributed by atoms with Crippen LogP contribution in [0, 0.1) is 0 Å². The summed E-state index contributed by atoms with van der Waals surface area (Å²) in [7, 11) is -3.19. The van der Waals surface area contributed by atoms with Gasteiger partial charge >= 0.3 is 0 Å². The Morgan fingerprint density at radius 2 is 1.96 bits per heavy atom. The van der Waals surface area contributed by atoms with E-state index in [9.17, 15) is 8.42 Å². The Bertz CT molecular complexity index is 815. The molecule has 3 rings (SSSR count). The normalized spacial score (nSPS) is 19.8. The minimum absolute atomic E-state index is 0.0488. The zero-order valence-electron chi connectivity index (χ0n) is 14.3. The van der Waals surface area contributed by atoms with E-state index >= 15 is 0 Å². The molecule has 1 saturated heterocycles. The SMILES string of the molecule is CC(C)n1nccc1-c1nccnc1C1CCCN(S(C)(=O)=O)C1. The lowest BCUT2D eigenvalue weighted by molar-refractivity contribution is 0.314. The average molecular weight is 349 g/mol. The Balaban J connectivity index is 1.99. The van der Waals surface area contributed by atoms with E-state index in [4.69, 9.17) is 0 Å². The van der Waals surface area contributed by atoms with E-state index in [0.717, 1.165) is 29.9 Å². The number of aromatic nitrogens is 4. The lowest BCUT2D eigenvalue weighted by Gasteiger charge is -2.31. The van der Waals surface area contributed by atoms with Crippen LogP contribution in [-0.4, -0.2) is 51.8 Å². The molecule has 8 heteroatoms. The second-order valence-corrected chi connectivity index (χ2v) is 8.49. The maximum atomic E-state index is 11.9. The fourth-order valence-corrected chi connectivity index (χ4v) is 4.14. The number of piperidine rings is 1. The van der Waals surface area contributed by atoms with Crippen LogP contribution in [0.4, 0.5) is 0 Å². The van der Waals surface area contributed by atoms with Crippen LogP contribution in [-0.2, 0) is 10.0 Å². The highest BCUT2D eigenvalue weighted by Gasteiger charge is 2.30. The maximum Gasteiger partial charge on any atom is 0.211 e. The maximum absolute atomic E-state index is 11.9. The van der Waals surface area contributed by atoms with Crippen molar-refractivity contribution in [3.05, 3.63) is 30.4 Å². The average Bonchev–Trinajstić information content (AvgIpc) is 3.04. The molecule has 2 aromatic rings. The first-order valence-electron chi connectivity index (χ1n) is 8.18. The summed E-state index contributed by atoms with van der Waals surface area (Å²) < 4.78 is 27.3. The molecule has 130 valence electrons. The lowest BCUT2D eigenvalue weighted by Crippen LogP contribution is -2.38. The van der Waals surface area contributed by atoms with Crippen molar-refractivity contribution in [3.8, 4) is 11.4 Å². The van der Waals surface area contributed by atoms with Crippen LogP contribution in [0.2, 0.25) is 0 Å². The molecular weight excluding hydrogens is 326 g/mol. The summed E-state index contributed by atoms with van der Waals surface area (Å²) in [6, 6.07) is 2.15. The summed E-state index contributed by atoms with van der Waals surface area (Å²) >= 11 is 0. The Morgan fingerprint density at radius 1 is 1.21 bits per heavy atom. The molecule has 7 nitrogen and oxygen atoms in total. The fraction of sp³-hybridized carbons (Fsp3) is 0.562. The molecule has 3 heterocycles. The summed E-state index contributed by atoms with van der Waals surface area (Å²) in [6.07, 6.45) is 8.12. The van der Waals surface area contributed by atoms with Gasteiger partial charge in [0, 0.05) is 43.6 Å². The van der Waals surface area contributed by atoms with Gasteiger partial charge in [0.25, 0.3) is 0 Å². The van der Waals surface area contributed by atoms with Crippen LogP contribution in [0.15, 0.2) is 24.7 Å². The third-order valence-electron chi connectivity index (χ3n) is 4.37. The largest absolute Gasteiger partial charge is 0.261 e. The Labute approximate surface area is 142 Å². The molecule has 1 aliphatic heterocycles. The lowest BCUT2D eigenvalue weighted by atomic mass is 9.93. The van der Waals surface area contributed by atoms with Gasteiger partial charge < -0.3 is 0 Å². The second-order valence-electron chi connectivity index (χ2n) is 6.51. The molecule has 0 amide bonds. The molecule has 0 aromatic carbocycles. The van der Waals surface area contributed by atoms with Crippen LogP contribution in [0.25, 0.3) is 11.4 Å². The van der Waals surface area contributed by atoms with E-state index in [2.05, 4.69) is 28.9 Å². The van der Waals surface area contributed by atoms with Crippen molar-refractivity contribution in [2.45, 2.75) is 38.6 Å². The first-order chi connectivity index (χ1) is 11.4. The quantitative estimate of drug-likeness (QED) is 0.844. The van der Waals surface area contributed by atoms with Gasteiger partial charge in [0.1, 0.15) is 5.69 Å². The molecular formula is C16H23N5O2S. The van der Waals surface area contributed by atoms with E-state index in [1.165, 1.54) is 6.26 Å². The number of hydrogen-bond donors (Lipinski definition) is 0. The first kappa shape index (κ1) is 17.0. The summed E-state index contributed by atoms with van der Waals surface area (Å²) in [6.45, 7) is 5.17. The molecule has 0 bridgehead atoms. The Hall–Kier alpha value is -1.80. The molecule has 1 unspecified atom stereocenters. The van der Waals surface area contributed by atoms with Crippen molar-refractivity contribution in [1.82, 2.24) is 24.1 Å². The Morgan fingerprint density at radius 3 is 2.67 bits per heavy atom. The predicted octanol–water partition coefficient (Wildman–Crippen LogP) is 2.06. The second kappa shape index (κ2) is 6.60. The van der Waals surface area contributed by atoms with Gasteiger partial charge in [-0.3, -0.25) is 14.6 Å². The molecule has 0 spiro atoms. The van der Waals surface area contributed by atoms with Crippen molar-refractivity contribution in [3.63, 3.8) is 0 Å². The number of hydrogen-bond acceptors (Lipinski definition) is 5. The third-order valence-corrected chi connectivity index (χ3v) is 5.64. The van der Waals surface area contributed by atoms with Crippen molar-refractivity contribution in [1.29, 1.82) is 0 Å². The Kier molecular flexibility index (Phi) is 4.69. The van der Waals surface area contributed by atoms with Crippen LogP contribution in [0.1, 0.15) is 44.3 Å². The number of rotatable bonds is 4. The van der Waals surface area contributed by atoms with Crippen molar-refractivity contribution < 1.29 is 8.42 Å². The van der Waals surface area contributed by atoms with Crippen LogP contribution in [0.3, 0.4) is 0 Å². The van der Waals surface area contributed by atoms with Gasteiger partial charge in [-0.15, -0.1) is 0 Å². The van der Waals surface area contributed by atoms with Crippen LogP contribution in [0.5, 0.6) is 0 Å². The zero-order chi connectivity index (χ0) is 17.3. The van der Waals surface area contributed by atoms with E-state index < -0.39 is 10.0 Å². The van der Waals surface area contributed by atoms with E-state index in [-0.39, 0.29) is 12.0 Å². The standard InChI is InChI=1S/C16H23N5O2S/c1-12(2)21-14(6-7-19-21)16-15(17-8-9-18-16)13-5-4-10-20(11-13)24(3,22)23/h6-9,12-13H,4-5,10-11H2,1-3H3. The first-order valence-corrected chi connectivity index (χ1v) is 10.0. The van der Waals surface area contributed by atoms with Gasteiger partial charge in [-0.05, 0) is 32.8 Å². The number of nitrogens with zero attached hydrogens (tertiary/aromatic N) is 5. The third kappa shape index (κ3) is 3.34. The van der Waals surface area contributed by atoms with E-state index in [0.29, 0.717) is 13.1 Å². The molecule has 2 aromatic heterocycles. The highest BCUT2D eigenvalue weighted by Crippen LogP contribution is 2.33. The molecule has 1 aliphatic rings. The molecule has 0 saturated carbocycles. The fourth-order valence-electron chi connectivity index (χ4n) is 3.22. The predicted molar refractivity (Wildman–Crippen MR) is 92.0 cm³/mol. The van der Waals surface area contributed by atoms with Gasteiger partial charge in [-0.2, -0.15) is 5.10 Å². The molecule has 1 fully saturated rings. The van der Waals surface area contributed by atoms with Crippen molar-refractivity contribution in [2.75, 3.05) is 19.3 Å². The molecule has 0 aliphatic carbocycles. The molecule has 1 atom stereocenters. The van der Waals surface area contributed by atoms with E-state index in [1.54, 1.807) is 22.9 Å². The summed E-state index contributed by atoms with van der Waals surface area (Å²) in [5.41, 5.74) is 2.57. The van der Waals surface area contributed by atoms with Crippen molar-refractivity contribution in [2.24, 2.45) is 0 Å². The summed E-state index contributed by atoms with van der Waals surface area (Å²) in [5.74, 6) is 0.0488. The molecule has 24 heavy (non-hydrogen) atoms. The minimum Gasteiger partial charge on any atom is -0.261 e. The topological polar surface area (TPSA) is 81.0 Å². The van der Waals surface area contributed by atoms with Gasteiger partial charge in [-0.25, -0.2) is 12.7 Å². The highest BCUT2D eigenvalue weighted by atomic mass is 32.2. The van der Waals surface area contributed by atoms with Crippen LogP contribution >= 0.6 is 0 Å². The van der Waals surface area contributed by atoms with Gasteiger partial charge in [0.05, 0.1) is 17.6 Å². The smallest absolute Gasteiger partial charge is 0.211 e. The molecule has 0 radical (unpaired) electrons. The van der Waals surface area contributed by atoms with Gasteiger partial charge in [0.2, 0.25) is 10.0 Å². The monoisotopic (exact) mass is 349 g/mol. The minimum atomic E-state index is -3.19. The zero-order valence-corrected chi connectivity index (χ0v) is 15.1. The summed E-state index contributed by atoms with van der Waals surface area (Å²) in [5, 5.41) is 4.38. The number of sulfonamides is 1. The van der Waals surface area contributed by atoms with Crippen LogP contribution < -0.4 is 0 Å². The van der Waals surface area contributed by atoms with Gasteiger partial charge in [-0.1, -0.05) is 0 Å². The van der Waals surface area contributed by atoms with Gasteiger partial charge in [0.15, 0.2) is 0 Å². The summed E-state index contributed by atoms with van der Waals surface area (Å²) in [4.78, 5) is 9.09. The molecule has 0 N–H and O–H groups in total. The van der Waals surface area contributed by atoms with E-state index in [1.807, 2.05) is 10.7 Å². The highest BCUT2D eigenvalue weighted by molar-refractivity contribution is 7.88. The van der Waals surface area contributed by atoms with Crippen molar-refractivity contribution >= 4 is 10.0 Å².